The van der Waals surface area contributed by atoms with Gasteiger partial charge in [0.1, 0.15) is 0 Å². The highest BCUT2D eigenvalue weighted by Crippen LogP contribution is 2.23. The van der Waals surface area contributed by atoms with Gasteiger partial charge in [-0.3, -0.25) is 0 Å². The smallest absolute Gasteiger partial charge is 0.411 e. The van der Waals surface area contributed by atoms with Crippen molar-refractivity contribution in [3.63, 3.8) is 0 Å². The molecule has 0 aliphatic carbocycles. The minimum absolute atomic E-state index is 0.211. The molecule has 0 saturated carbocycles. The molecule has 0 fully saturated rings. The molecule has 0 bridgehead atoms. The molecule has 0 radical (unpaired) electrons. The van der Waals surface area contributed by atoms with Crippen LogP contribution in [-0.2, 0) is 6.42 Å². The van der Waals surface area contributed by atoms with Crippen molar-refractivity contribution in [2.75, 3.05) is 0 Å². The molecule has 1 rings (SSSR count). The van der Waals surface area contributed by atoms with Crippen molar-refractivity contribution in [3.8, 4) is 0 Å². The van der Waals surface area contributed by atoms with E-state index in [2.05, 4.69) is 5.16 Å². The lowest BCUT2D eigenvalue weighted by Crippen LogP contribution is -2.25. The summed E-state index contributed by atoms with van der Waals surface area (Å²) in [5.41, 5.74) is -1.00. The first-order chi connectivity index (χ1) is 6.95. The maximum atomic E-state index is 12.2. The van der Waals surface area contributed by atoms with Crippen LogP contribution in [0.2, 0.25) is 5.02 Å². The highest BCUT2D eigenvalue weighted by molar-refractivity contribution is 6.31. The van der Waals surface area contributed by atoms with Gasteiger partial charge in [-0.2, -0.15) is 13.2 Å². The minimum Gasteiger partial charge on any atom is -0.411 e. The Bertz CT molecular complexity index is 376. The van der Waals surface area contributed by atoms with E-state index in [9.17, 15) is 13.2 Å². The Morgan fingerprint density at radius 3 is 2.40 bits per heavy atom. The third kappa shape index (κ3) is 3.13. The summed E-state index contributed by atoms with van der Waals surface area (Å²) in [6, 6.07) is 6.09. The van der Waals surface area contributed by atoms with Crippen molar-refractivity contribution in [2.45, 2.75) is 12.6 Å². The van der Waals surface area contributed by atoms with Crippen LogP contribution in [0.25, 0.3) is 0 Å². The number of hydrogen-bond donors (Lipinski definition) is 1. The quantitative estimate of drug-likeness (QED) is 0.478. The van der Waals surface area contributed by atoms with Crippen molar-refractivity contribution >= 4 is 17.3 Å². The number of benzene rings is 1. The normalized spacial score (nSPS) is 12.9. The van der Waals surface area contributed by atoms with Crippen molar-refractivity contribution < 1.29 is 18.4 Å². The predicted octanol–water partition coefficient (Wildman–Crippen LogP) is 3.28. The van der Waals surface area contributed by atoms with E-state index in [0.29, 0.717) is 0 Å². The lowest BCUT2D eigenvalue weighted by molar-refractivity contribution is -0.0622. The standard InChI is InChI=1S/C9H7ClF3NO/c10-7-4-2-1-3-6(7)5-8(14-15)9(11,12)13/h1-4,15H,5H2. The Balaban J connectivity index is 2.91. The number of rotatable bonds is 2. The van der Waals surface area contributed by atoms with Gasteiger partial charge in [0.15, 0.2) is 5.71 Å². The van der Waals surface area contributed by atoms with Crippen molar-refractivity contribution in [2.24, 2.45) is 5.16 Å². The number of alkyl halides is 3. The van der Waals surface area contributed by atoms with Crippen molar-refractivity contribution in [1.29, 1.82) is 0 Å². The zero-order valence-corrected chi connectivity index (χ0v) is 8.18. The van der Waals surface area contributed by atoms with Crippen LogP contribution in [-0.4, -0.2) is 17.1 Å². The third-order valence-corrected chi connectivity index (χ3v) is 2.13. The van der Waals surface area contributed by atoms with Gasteiger partial charge < -0.3 is 5.21 Å². The Morgan fingerprint density at radius 2 is 1.93 bits per heavy atom. The van der Waals surface area contributed by atoms with E-state index in [1.807, 2.05) is 0 Å². The lowest BCUT2D eigenvalue weighted by Gasteiger charge is -2.09. The van der Waals surface area contributed by atoms with E-state index in [4.69, 9.17) is 16.8 Å². The molecule has 0 amide bonds. The van der Waals surface area contributed by atoms with E-state index in [-0.39, 0.29) is 10.6 Å². The van der Waals surface area contributed by atoms with Gasteiger partial charge in [0.25, 0.3) is 0 Å². The second-order valence-corrected chi connectivity index (χ2v) is 3.22. The Labute approximate surface area is 89.0 Å². The largest absolute Gasteiger partial charge is 0.433 e. The van der Waals surface area contributed by atoms with Gasteiger partial charge >= 0.3 is 6.18 Å². The second-order valence-electron chi connectivity index (χ2n) is 2.81. The monoisotopic (exact) mass is 237 g/mol. The Kier molecular flexibility index (Phi) is 3.57. The van der Waals surface area contributed by atoms with E-state index in [0.717, 1.165) is 0 Å². The molecule has 15 heavy (non-hydrogen) atoms. The summed E-state index contributed by atoms with van der Waals surface area (Å²) in [4.78, 5) is 0. The highest BCUT2D eigenvalue weighted by atomic mass is 35.5. The van der Waals surface area contributed by atoms with Crippen LogP contribution >= 0.6 is 11.6 Å². The molecular weight excluding hydrogens is 231 g/mol. The Morgan fingerprint density at radius 1 is 1.33 bits per heavy atom. The zero-order chi connectivity index (χ0) is 11.5. The summed E-state index contributed by atoms with van der Waals surface area (Å²) in [7, 11) is 0. The number of oxime groups is 1. The first-order valence-corrected chi connectivity index (χ1v) is 4.34. The summed E-state index contributed by atoms with van der Waals surface area (Å²) in [6.45, 7) is 0. The maximum Gasteiger partial charge on any atom is 0.433 e. The van der Waals surface area contributed by atoms with Gasteiger partial charge in [0.05, 0.1) is 0 Å². The first-order valence-electron chi connectivity index (χ1n) is 3.96. The molecule has 0 unspecified atom stereocenters. The van der Waals surface area contributed by atoms with Crippen LogP contribution in [0.4, 0.5) is 13.2 Å². The van der Waals surface area contributed by atoms with E-state index in [1.54, 1.807) is 12.1 Å². The molecule has 1 aromatic rings. The van der Waals surface area contributed by atoms with Crippen LogP contribution in [0.3, 0.4) is 0 Å². The molecule has 1 N–H and O–H groups in total. The topological polar surface area (TPSA) is 32.6 Å². The number of nitrogens with zero attached hydrogens (tertiary/aromatic N) is 1. The van der Waals surface area contributed by atoms with Crippen molar-refractivity contribution in [3.05, 3.63) is 34.9 Å². The fraction of sp³-hybridized carbons (Fsp3) is 0.222. The van der Waals surface area contributed by atoms with Crippen LogP contribution in [0, 0.1) is 0 Å². The van der Waals surface area contributed by atoms with Gasteiger partial charge in [-0.25, -0.2) is 0 Å². The average Bonchev–Trinajstić information content (AvgIpc) is 2.14. The van der Waals surface area contributed by atoms with Crippen LogP contribution in [0.1, 0.15) is 5.56 Å². The average molecular weight is 238 g/mol. The SMILES string of the molecule is ON=C(Cc1ccccc1Cl)C(F)(F)F. The fourth-order valence-electron chi connectivity index (χ4n) is 1.01. The zero-order valence-electron chi connectivity index (χ0n) is 7.42. The van der Waals surface area contributed by atoms with Gasteiger partial charge in [0.2, 0.25) is 0 Å². The Hall–Kier alpha value is -1.23. The summed E-state index contributed by atoms with van der Waals surface area (Å²) < 4.78 is 36.6. The molecule has 0 atom stereocenters. The fourth-order valence-corrected chi connectivity index (χ4v) is 1.22. The maximum absolute atomic E-state index is 12.2. The first kappa shape index (κ1) is 11.8. The van der Waals surface area contributed by atoms with E-state index in [1.165, 1.54) is 12.1 Å². The minimum atomic E-state index is -4.64. The van der Waals surface area contributed by atoms with Gasteiger partial charge in [-0.1, -0.05) is 35.0 Å². The molecular formula is C9H7ClF3NO. The van der Waals surface area contributed by atoms with Crippen molar-refractivity contribution in [1.82, 2.24) is 0 Å². The van der Waals surface area contributed by atoms with E-state index >= 15 is 0 Å². The lowest BCUT2D eigenvalue weighted by atomic mass is 10.1. The number of halogens is 4. The van der Waals surface area contributed by atoms with E-state index < -0.39 is 18.3 Å². The van der Waals surface area contributed by atoms with Crippen LogP contribution < -0.4 is 0 Å². The molecule has 0 saturated heterocycles. The van der Waals surface area contributed by atoms with Gasteiger partial charge in [-0.15, -0.1) is 0 Å². The predicted molar refractivity (Wildman–Crippen MR) is 50.4 cm³/mol. The van der Waals surface area contributed by atoms with Gasteiger partial charge in [0, 0.05) is 11.4 Å². The molecule has 0 spiro atoms. The second kappa shape index (κ2) is 4.53. The molecule has 0 aliphatic heterocycles. The summed E-state index contributed by atoms with van der Waals surface area (Å²) in [5.74, 6) is 0. The number of hydrogen-bond acceptors (Lipinski definition) is 2. The third-order valence-electron chi connectivity index (χ3n) is 1.76. The molecule has 0 heterocycles. The summed E-state index contributed by atoms with van der Waals surface area (Å²) in [6.07, 6.45) is -5.19. The molecule has 2 nitrogen and oxygen atoms in total. The molecule has 0 aliphatic rings. The van der Waals surface area contributed by atoms with Crippen LogP contribution in [0.5, 0.6) is 0 Å². The highest BCUT2D eigenvalue weighted by Gasteiger charge is 2.36. The summed E-state index contributed by atoms with van der Waals surface area (Å²) in [5, 5.41) is 10.7. The van der Waals surface area contributed by atoms with Gasteiger partial charge in [-0.05, 0) is 11.6 Å². The molecule has 6 heteroatoms. The van der Waals surface area contributed by atoms with Crippen LogP contribution in [0.15, 0.2) is 29.4 Å². The molecule has 0 aromatic heterocycles. The molecule has 82 valence electrons. The summed E-state index contributed by atoms with van der Waals surface area (Å²) >= 11 is 5.67. The molecule has 1 aromatic carbocycles.